The van der Waals surface area contributed by atoms with Gasteiger partial charge in [-0.15, -0.1) is 11.8 Å². The third kappa shape index (κ3) is 4.42. The molecule has 0 aromatic heterocycles. The van der Waals surface area contributed by atoms with Crippen molar-refractivity contribution in [2.24, 2.45) is 0 Å². The van der Waals surface area contributed by atoms with Crippen LogP contribution in [0.1, 0.15) is 30.1 Å². The van der Waals surface area contributed by atoms with Crippen molar-refractivity contribution in [2.75, 3.05) is 18.0 Å². The first kappa shape index (κ1) is 17.5. The van der Waals surface area contributed by atoms with Crippen LogP contribution in [0.2, 0.25) is 0 Å². The average molecular weight is 354 g/mol. The Balaban J connectivity index is 1.61. The quantitative estimate of drug-likeness (QED) is 0.910. The van der Waals surface area contributed by atoms with E-state index in [-0.39, 0.29) is 11.8 Å². The lowest BCUT2D eigenvalue weighted by atomic mass is 10.2. The van der Waals surface area contributed by atoms with Crippen molar-refractivity contribution < 1.29 is 9.59 Å². The fourth-order valence-corrected chi connectivity index (χ4v) is 3.97. The van der Waals surface area contributed by atoms with Crippen LogP contribution in [0.3, 0.4) is 0 Å². The summed E-state index contributed by atoms with van der Waals surface area (Å²) in [5.74, 6) is -0.0932. The summed E-state index contributed by atoms with van der Waals surface area (Å²) in [7, 11) is 0. The van der Waals surface area contributed by atoms with E-state index in [1.165, 1.54) is 0 Å². The van der Waals surface area contributed by atoms with Crippen LogP contribution in [0.25, 0.3) is 0 Å². The summed E-state index contributed by atoms with van der Waals surface area (Å²) in [6, 6.07) is 17.1. The minimum atomic E-state index is -0.145. The Morgan fingerprint density at radius 1 is 1.12 bits per heavy atom. The monoisotopic (exact) mass is 354 g/mol. The Morgan fingerprint density at radius 3 is 2.64 bits per heavy atom. The van der Waals surface area contributed by atoms with E-state index >= 15 is 0 Å². The number of nitrogens with one attached hydrogen (secondary N) is 1. The Labute approximate surface area is 152 Å². The number of benzene rings is 2. The van der Waals surface area contributed by atoms with Crippen molar-refractivity contribution in [3.05, 3.63) is 60.2 Å². The summed E-state index contributed by atoms with van der Waals surface area (Å²) in [5.41, 5.74) is 1.59. The molecule has 0 spiro atoms. The van der Waals surface area contributed by atoms with E-state index in [0.717, 1.165) is 23.5 Å². The van der Waals surface area contributed by atoms with Gasteiger partial charge in [-0.1, -0.05) is 37.3 Å². The molecule has 130 valence electrons. The number of carbonyl (C=O) groups excluding carboxylic acids is 2. The van der Waals surface area contributed by atoms with Gasteiger partial charge in [0.1, 0.15) is 0 Å². The predicted molar refractivity (Wildman–Crippen MR) is 102 cm³/mol. The second-order valence-electron chi connectivity index (χ2n) is 6.10. The minimum Gasteiger partial charge on any atom is -0.352 e. The Morgan fingerprint density at radius 2 is 1.84 bits per heavy atom. The van der Waals surface area contributed by atoms with Gasteiger partial charge in [0, 0.05) is 35.2 Å². The fraction of sp³-hybridized carbons (Fsp3) is 0.300. The summed E-state index contributed by atoms with van der Waals surface area (Å²) in [4.78, 5) is 27.8. The zero-order valence-electron chi connectivity index (χ0n) is 14.3. The summed E-state index contributed by atoms with van der Waals surface area (Å²) in [6.45, 7) is 3.25. The van der Waals surface area contributed by atoms with Crippen LogP contribution < -0.4 is 10.2 Å². The molecule has 3 rings (SSSR count). The maximum atomic E-state index is 12.7. The lowest BCUT2D eigenvalue weighted by Gasteiger charge is -2.22. The molecule has 4 nitrogen and oxygen atoms in total. The van der Waals surface area contributed by atoms with E-state index in [9.17, 15) is 9.59 Å². The molecule has 2 aromatic rings. The molecule has 1 aliphatic heterocycles. The Kier molecular flexibility index (Phi) is 5.76. The highest BCUT2D eigenvalue weighted by molar-refractivity contribution is 8.00. The van der Waals surface area contributed by atoms with E-state index in [1.807, 2.05) is 53.1 Å². The van der Waals surface area contributed by atoms with Gasteiger partial charge in [0.05, 0.1) is 5.69 Å². The number of hydrogen-bond acceptors (Lipinski definition) is 3. The summed E-state index contributed by atoms with van der Waals surface area (Å²) in [6.07, 6.45) is 1.26. The third-order valence-electron chi connectivity index (χ3n) is 4.20. The lowest BCUT2D eigenvalue weighted by molar-refractivity contribution is -0.118. The maximum Gasteiger partial charge on any atom is 0.251 e. The molecular weight excluding hydrogens is 332 g/mol. The van der Waals surface area contributed by atoms with Gasteiger partial charge >= 0.3 is 0 Å². The van der Waals surface area contributed by atoms with Crippen LogP contribution in [0.4, 0.5) is 5.69 Å². The van der Waals surface area contributed by atoms with Gasteiger partial charge in [-0.3, -0.25) is 9.59 Å². The SMILES string of the molecule is CC1CCN(C(=O)CCNC(=O)c2ccccc2)c2ccccc2S1. The van der Waals surface area contributed by atoms with Crippen molar-refractivity contribution >= 4 is 29.3 Å². The number of hydrogen-bond donors (Lipinski definition) is 1. The second-order valence-corrected chi connectivity index (χ2v) is 7.58. The molecule has 2 amide bonds. The highest BCUT2D eigenvalue weighted by Crippen LogP contribution is 2.37. The number of carbonyl (C=O) groups is 2. The first-order chi connectivity index (χ1) is 12.1. The summed E-state index contributed by atoms with van der Waals surface area (Å²) >= 11 is 1.82. The molecule has 1 heterocycles. The molecule has 0 bridgehead atoms. The smallest absolute Gasteiger partial charge is 0.251 e. The van der Waals surface area contributed by atoms with Crippen LogP contribution >= 0.6 is 11.8 Å². The molecule has 25 heavy (non-hydrogen) atoms. The van der Waals surface area contributed by atoms with Gasteiger partial charge in [0.25, 0.3) is 5.91 Å². The van der Waals surface area contributed by atoms with Gasteiger partial charge < -0.3 is 10.2 Å². The number of fused-ring (bicyclic) bond motifs is 1. The van der Waals surface area contributed by atoms with Crippen molar-refractivity contribution in [1.82, 2.24) is 5.32 Å². The Bertz CT molecular complexity index is 748. The minimum absolute atomic E-state index is 0.0514. The third-order valence-corrected chi connectivity index (χ3v) is 5.44. The number of thioether (sulfide) groups is 1. The van der Waals surface area contributed by atoms with Gasteiger partial charge in [-0.25, -0.2) is 0 Å². The van der Waals surface area contributed by atoms with Crippen molar-refractivity contribution in [3.63, 3.8) is 0 Å². The van der Waals surface area contributed by atoms with E-state index in [4.69, 9.17) is 0 Å². The predicted octanol–water partition coefficient (Wildman–Crippen LogP) is 3.72. The molecule has 1 atom stereocenters. The van der Waals surface area contributed by atoms with Crippen LogP contribution in [0.5, 0.6) is 0 Å². The molecule has 2 aromatic carbocycles. The van der Waals surface area contributed by atoms with Crippen molar-refractivity contribution in [1.29, 1.82) is 0 Å². The average Bonchev–Trinajstić information content (AvgIpc) is 2.80. The number of anilines is 1. The van der Waals surface area contributed by atoms with Gasteiger partial charge in [0.15, 0.2) is 0 Å². The first-order valence-corrected chi connectivity index (χ1v) is 9.42. The molecular formula is C20H22N2O2S. The second kappa shape index (κ2) is 8.21. The largest absolute Gasteiger partial charge is 0.352 e. The van der Waals surface area contributed by atoms with Crippen LogP contribution in [-0.4, -0.2) is 30.2 Å². The summed E-state index contributed by atoms with van der Waals surface area (Å²) < 4.78 is 0. The topological polar surface area (TPSA) is 49.4 Å². The normalized spacial score (nSPS) is 16.7. The highest BCUT2D eigenvalue weighted by atomic mass is 32.2. The fourth-order valence-electron chi connectivity index (χ4n) is 2.86. The highest BCUT2D eigenvalue weighted by Gasteiger charge is 2.23. The molecule has 0 radical (unpaired) electrons. The first-order valence-electron chi connectivity index (χ1n) is 8.54. The molecule has 5 heteroatoms. The molecule has 1 unspecified atom stereocenters. The van der Waals surface area contributed by atoms with Crippen LogP contribution in [0, 0.1) is 0 Å². The number of rotatable bonds is 4. The maximum absolute atomic E-state index is 12.7. The molecule has 0 saturated heterocycles. The molecule has 1 N–H and O–H groups in total. The standard InChI is InChI=1S/C20H22N2O2S/c1-15-12-14-22(17-9-5-6-10-18(17)25-15)19(23)11-13-21-20(24)16-7-3-2-4-8-16/h2-10,15H,11-14H2,1H3,(H,21,24). The lowest BCUT2D eigenvalue weighted by Crippen LogP contribution is -2.35. The van der Waals surface area contributed by atoms with E-state index < -0.39 is 0 Å². The Hall–Kier alpha value is -2.27. The van der Waals surface area contributed by atoms with Gasteiger partial charge in [-0.2, -0.15) is 0 Å². The summed E-state index contributed by atoms with van der Waals surface area (Å²) in [5, 5.41) is 3.31. The molecule has 0 fully saturated rings. The van der Waals surface area contributed by atoms with Crippen molar-refractivity contribution in [3.8, 4) is 0 Å². The molecule has 0 aliphatic carbocycles. The van der Waals surface area contributed by atoms with Gasteiger partial charge in [0.2, 0.25) is 5.91 Å². The zero-order chi connectivity index (χ0) is 17.6. The van der Waals surface area contributed by atoms with E-state index in [0.29, 0.717) is 23.8 Å². The van der Waals surface area contributed by atoms with E-state index in [1.54, 1.807) is 12.1 Å². The number of para-hydroxylation sites is 1. The molecule has 1 aliphatic rings. The zero-order valence-corrected chi connectivity index (χ0v) is 15.1. The van der Waals surface area contributed by atoms with Crippen LogP contribution in [0.15, 0.2) is 59.5 Å². The van der Waals surface area contributed by atoms with Crippen LogP contribution in [-0.2, 0) is 4.79 Å². The van der Waals surface area contributed by atoms with Crippen molar-refractivity contribution in [2.45, 2.75) is 29.9 Å². The molecule has 0 saturated carbocycles. The number of nitrogens with zero attached hydrogens (tertiary/aromatic N) is 1. The van der Waals surface area contributed by atoms with E-state index in [2.05, 4.69) is 18.3 Å². The van der Waals surface area contributed by atoms with Gasteiger partial charge in [-0.05, 0) is 30.7 Å². The number of amides is 2.